The van der Waals surface area contributed by atoms with E-state index in [4.69, 9.17) is 85.3 Å². The third-order valence-electron chi connectivity index (χ3n) is 20.1. The third-order valence-corrected chi connectivity index (χ3v) is 20.1. The first kappa shape index (κ1) is 82.0. The molecule has 10 aromatic rings. The number of hydrogen-bond donors (Lipinski definition) is 1. The number of aliphatic hydroxyl groups excluding tert-OH is 1. The van der Waals surface area contributed by atoms with Gasteiger partial charge in [0.25, 0.3) is 0 Å². The third kappa shape index (κ3) is 22.2. The summed E-state index contributed by atoms with van der Waals surface area (Å²) < 4.78 is 123. The average Bonchev–Trinajstić information content (AvgIpc) is 0.767. The first-order valence-electron chi connectivity index (χ1n) is 38.7. The number of carbonyl (C=O) groups excluding carboxylic acids is 4. The second-order valence-corrected chi connectivity index (χ2v) is 28.2. The van der Waals surface area contributed by atoms with Gasteiger partial charge >= 0.3 is 23.9 Å². The Morgan fingerprint density at radius 3 is 0.922 bits per heavy atom. The predicted molar refractivity (Wildman–Crippen MR) is 419 cm³/mol. The fourth-order valence-corrected chi connectivity index (χ4v) is 14.1. The molecule has 10 aromatic carbocycles. The van der Waals surface area contributed by atoms with Crippen molar-refractivity contribution in [3.8, 4) is 0 Å². The quantitative estimate of drug-likeness (QED) is 0.0286. The minimum absolute atomic E-state index is 0.00645. The van der Waals surface area contributed by atoms with E-state index in [0.717, 1.165) is 33.4 Å². The van der Waals surface area contributed by atoms with Crippen molar-refractivity contribution in [3.63, 3.8) is 0 Å². The highest BCUT2D eigenvalue weighted by Crippen LogP contribution is 2.39. The number of ether oxygens (including phenoxy) is 18. The smallest absolute Gasteiger partial charge is 0.338 e. The number of esters is 4. The van der Waals surface area contributed by atoms with Crippen LogP contribution in [0.25, 0.3) is 0 Å². The lowest BCUT2D eigenvalue weighted by Crippen LogP contribution is -2.67. The number of methoxy groups -OCH3 is 1. The van der Waals surface area contributed by atoms with Crippen LogP contribution >= 0.6 is 0 Å². The molecule has 0 aliphatic carbocycles. The molecule has 0 aromatic heterocycles. The van der Waals surface area contributed by atoms with E-state index in [1.807, 2.05) is 182 Å². The molecule has 4 saturated heterocycles. The second kappa shape index (κ2) is 41.9. The summed E-state index contributed by atoms with van der Waals surface area (Å²) in [6, 6.07) is 89.7. The van der Waals surface area contributed by atoms with Crippen LogP contribution < -0.4 is 0 Å². The van der Waals surface area contributed by atoms with Gasteiger partial charge in [0.1, 0.15) is 61.0 Å². The molecule has 0 bridgehead atoms. The fourth-order valence-electron chi connectivity index (χ4n) is 14.1. The predicted octanol–water partition coefficient (Wildman–Crippen LogP) is 13.0. The van der Waals surface area contributed by atoms with E-state index >= 15 is 9.59 Å². The van der Waals surface area contributed by atoms with Crippen LogP contribution in [0.2, 0.25) is 0 Å². The fraction of sp³-hybridized carbons (Fsp3) is 0.312. The van der Waals surface area contributed by atoms with Gasteiger partial charge in [-0.05, 0) is 81.9 Å². The van der Waals surface area contributed by atoms with Crippen LogP contribution in [0.5, 0.6) is 0 Å². The van der Waals surface area contributed by atoms with Gasteiger partial charge in [-0.3, -0.25) is 0 Å². The maximum atomic E-state index is 15.3. The Hall–Kier alpha value is -10.5. The first-order chi connectivity index (χ1) is 57.0. The highest BCUT2D eigenvalue weighted by molar-refractivity contribution is 5.91. The van der Waals surface area contributed by atoms with Gasteiger partial charge in [0.05, 0.1) is 88.3 Å². The number of aliphatic hydroxyl groups is 1. The molecule has 4 aliphatic rings. The molecular weight excluding hydrogens is 1480 g/mol. The summed E-state index contributed by atoms with van der Waals surface area (Å²) in [4.78, 5) is 59.3. The van der Waals surface area contributed by atoms with Crippen molar-refractivity contribution in [2.24, 2.45) is 0 Å². The Labute approximate surface area is 672 Å². The molecule has 23 heteroatoms. The van der Waals surface area contributed by atoms with E-state index in [9.17, 15) is 14.7 Å². The Bertz CT molecular complexity index is 4590. The van der Waals surface area contributed by atoms with E-state index in [-0.39, 0.29) is 81.7 Å². The number of carbonyl (C=O) groups is 4. The molecule has 14 rings (SSSR count). The van der Waals surface area contributed by atoms with Crippen molar-refractivity contribution in [2.75, 3.05) is 33.5 Å². The molecule has 0 unspecified atom stereocenters. The summed E-state index contributed by atoms with van der Waals surface area (Å²) in [7, 11) is 1.37. The second-order valence-electron chi connectivity index (χ2n) is 28.2. The Balaban J connectivity index is 0.869. The van der Waals surface area contributed by atoms with Crippen molar-refractivity contribution >= 4 is 23.9 Å². The van der Waals surface area contributed by atoms with E-state index in [2.05, 4.69) is 0 Å². The van der Waals surface area contributed by atoms with Gasteiger partial charge in [-0.2, -0.15) is 0 Å². The molecule has 0 spiro atoms. The molecule has 4 heterocycles. The van der Waals surface area contributed by atoms with Crippen molar-refractivity contribution < 1.29 is 110 Å². The molecule has 0 radical (unpaired) electrons. The molecular formula is C93H92O23. The molecule has 18 atom stereocenters. The van der Waals surface area contributed by atoms with Crippen molar-refractivity contribution in [2.45, 2.75) is 150 Å². The zero-order chi connectivity index (χ0) is 79.6. The minimum atomic E-state index is -1.77. The maximum Gasteiger partial charge on any atom is 0.338 e. The van der Waals surface area contributed by atoms with E-state index in [1.54, 1.807) is 121 Å². The standard InChI is InChI=1S/C93H92O23/c1-99-90-84(114-88(97)70-48-28-10-29-49-70)78(112-86(95)68-44-24-8-25-45-68)74(60-106-90)111-93-83(105-57-67-42-22-7-23-43-67)81(103-55-65-38-18-5-19-39-65)77(73(109-93)59-101-53-63-34-14-3-15-35-63)116-91-85(115-89(98)71-50-30-11-31-51-71)79(113-87(96)69-46-26-9-27-47-69)75(61-107-91)110-92-82(104-56-66-40-20-6-21-41-66)80(102-54-64-36-16-4-17-37-64)76(94)72(108-92)58-100-52-62-32-12-2-13-33-62/h2-51,72-85,90-94H,52-61H2,1H3/t72-,73-,74-,75-,76-,77-,78+,79+,80+,81+,82+,83+,84-,85-,90-,91+,92+,93+/m1/s1. The van der Waals surface area contributed by atoms with Crippen LogP contribution in [-0.2, 0) is 125 Å². The topological polar surface area (TPSA) is 255 Å². The van der Waals surface area contributed by atoms with Crippen LogP contribution in [-0.4, -0.2) is 173 Å². The SMILES string of the molecule is CO[C@@H]1OC[C@@H](O[C@@H]2O[C@H](COCc3ccccc3)[C@@H](O[C@@H]3OC[C@@H](O[C@@H]4O[C@H](COCc5ccccc5)[C@@H](O)[C@H](OCc5ccccc5)[C@@H]4OCc4ccccc4)[C@H](OC(=O)c4ccccc4)[C@H]3OC(=O)c3ccccc3)[C@H](OCc3ccccc3)[C@@H]2OCc2ccccc2)[C@H](OC(=O)c2ccccc2)[C@H]1OC(=O)c1ccccc1. The van der Waals surface area contributed by atoms with Gasteiger partial charge in [0.15, 0.2) is 49.6 Å². The van der Waals surface area contributed by atoms with Gasteiger partial charge in [-0.25, -0.2) is 19.2 Å². The summed E-state index contributed by atoms with van der Waals surface area (Å²) in [5.74, 6) is -3.28. The van der Waals surface area contributed by atoms with Crippen LogP contribution in [0, 0.1) is 0 Å². The van der Waals surface area contributed by atoms with Crippen molar-refractivity contribution in [1.82, 2.24) is 0 Å². The Morgan fingerprint density at radius 1 is 0.293 bits per heavy atom. The summed E-state index contributed by atoms with van der Waals surface area (Å²) >= 11 is 0. The van der Waals surface area contributed by atoms with Crippen LogP contribution in [0.4, 0.5) is 0 Å². The molecule has 23 nitrogen and oxygen atoms in total. The molecule has 602 valence electrons. The summed E-state index contributed by atoms with van der Waals surface area (Å²) in [6.45, 7) is -1.14. The average molecular weight is 1580 g/mol. The monoisotopic (exact) mass is 1580 g/mol. The normalized spacial score (nSPS) is 25.9. The molecule has 0 saturated carbocycles. The van der Waals surface area contributed by atoms with Gasteiger partial charge in [0.2, 0.25) is 0 Å². The molecule has 4 fully saturated rings. The van der Waals surface area contributed by atoms with Gasteiger partial charge in [-0.1, -0.05) is 255 Å². The Morgan fingerprint density at radius 2 is 0.569 bits per heavy atom. The van der Waals surface area contributed by atoms with Crippen molar-refractivity contribution in [3.05, 3.63) is 359 Å². The van der Waals surface area contributed by atoms with E-state index in [0.29, 0.717) is 0 Å². The van der Waals surface area contributed by atoms with Crippen LogP contribution in [0.15, 0.2) is 303 Å². The zero-order valence-corrected chi connectivity index (χ0v) is 63.8. The van der Waals surface area contributed by atoms with E-state index < -0.39 is 141 Å². The zero-order valence-electron chi connectivity index (χ0n) is 63.8. The molecule has 4 aliphatic heterocycles. The van der Waals surface area contributed by atoms with Crippen LogP contribution in [0.1, 0.15) is 74.8 Å². The number of rotatable bonds is 35. The van der Waals surface area contributed by atoms with Gasteiger partial charge < -0.3 is 90.4 Å². The molecule has 1 N–H and O–H groups in total. The minimum Gasteiger partial charge on any atom is -0.452 e. The Kier molecular flexibility index (Phi) is 29.6. The number of hydrogen-bond acceptors (Lipinski definition) is 23. The summed E-state index contributed by atoms with van der Waals surface area (Å²) in [6.07, 6.45) is -25.5. The highest BCUT2D eigenvalue weighted by Gasteiger charge is 2.58. The van der Waals surface area contributed by atoms with Crippen LogP contribution in [0.3, 0.4) is 0 Å². The van der Waals surface area contributed by atoms with Crippen molar-refractivity contribution in [1.29, 1.82) is 0 Å². The number of benzene rings is 10. The lowest BCUT2D eigenvalue weighted by Gasteiger charge is -2.50. The molecule has 0 amide bonds. The summed E-state index contributed by atoms with van der Waals surface area (Å²) in [5, 5.41) is 12.7. The van der Waals surface area contributed by atoms with Gasteiger partial charge in [-0.15, -0.1) is 0 Å². The lowest BCUT2D eigenvalue weighted by molar-refractivity contribution is -0.382. The van der Waals surface area contributed by atoms with Gasteiger partial charge in [0, 0.05) is 7.11 Å². The summed E-state index contributed by atoms with van der Waals surface area (Å²) in [5.41, 5.74) is 5.33. The highest BCUT2D eigenvalue weighted by atomic mass is 16.8. The molecule has 116 heavy (non-hydrogen) atoms. The largest absolute Gasteiger partial charge is 0.452 e. The first-order valence-corrected chi connectivity index (χ1v) is 38.7. The maximum absolute atomic E-state index is 15.3. The lowest BCUT2D eigenvalue weighted by atomic mass is 9.96. The van der Waals surface area contributed by atoms with E-state index in [1.165, 1.54) is 7.11 Å².